The van der Waals surface area contributed by atoms with E-state index in [9.17, 15) is 4.79 Å². The quantitative estimate of drug-likeness (QED) is 0.877. The van der Waals surface area contributed by atoms with Crippen LogP contribution < -0.4 is 5.32 Å². The Morgan fingerprint density at radius 2 is 2.05 bits per heavy atom. The van der Waals surface area contributed by atoms with Crippen LogP contribution in [0, 0.1) is 11.3 Å². The molecule has 4 nitrogen and oxygen atoms in total. The van der Waals surface area contributed by atoms with Crippen molar-refractivity contribution in [2.45, 2.75) is 6.04 Å². The number of nitriles is 1. The fourth-order valence-electron chi connectivity index (χ4n) is 1.72. The van der Waals surface area contributed by atoms with Crippen LogP contribution >= 0.6 is 15.9 Å². The van der Waals surface area contributed by atoms with E-state index >= 15 is 0 Å². The fraction of sp³-hybridized carbons (Fsp3) is 0.133. The van der Waals surface area contributed by atoms with Crippen molar-refractivity contribution in [2.75, 3.05) is 5.33 Å². The molecule has 1 aromatic heterocycles. The molecule has 5 heteroatoms. The lowest BCUT2D eigenvalue weighted by Gasteiger charge is -2.16. The average Bonchev–Trinajstić information content (AvgIpc) is 2.53. The molecule has 2 aromatic rings. The summed E-state index contributed by atoms with van der Waals surface area (Å²) in [5, 5.41) is 12.2. The average molecular weight is 330 g/mol. The molecule has 0 saturated heterocycles. The predicted molar refractivity (Wildman–Crippen MR) is 79.4 cm³/mol. The minimum Gasteiger partial charge on any atom is -0.343 e. The largest absolute Gasteiger partial charge is 0.343 e. The highest BCUT2D eigenvalue weighted by atomic mass is 79.9. The number of amides is 1. The Labute approximate surface area is 125 Å². The molecule has 0 radical (unpaired) electrons. The molecule has 1 N–H and O–H groups in total. The predicted octanol–water partition coefficient (Wildman–Crippen LogP) is 2.82. The van der Waals surface area contributed by atoms with Crippen molar-refractivity contribution < 1.29 is 4.79 Å². The third kappa shape index (κ3) is 3.43. The Kier molecular flexibility index (Phi) is 4.85. The zero-order valence-electron chi connectivity index (χ0n) is 10.6. The Balaban J connectivity index is 2.11. The third-order valence-electron chi connectivity index (χ3n) is 2.79. The molecule has 2 rings (SSSR count). The number of aromatic nitrogens is 1. The number of pyridine rings is 1. The highest BCUT2D eigenvalue weighted by molar-refractivity contribution is 9.09. The second kappa shape index (κ2) is 6.83. The molecule has 1 unspecified atom stereocenters. The first-order valence-electron chi connectivity index (χ1n) is 6.02. The van der Waals surface area contributed by atoms with E-state index in [2.05, 4.69) is 26.2 Å². The summed E-state index contributed by atoms with van der Waals surface area (Å²) in [6, 6.07) is 14.7. The summed E-state index contributed by atoms with van der Waals surface area (Å²) in [5.41, 5.74) is 1.75. The minimum absolute atomic E-state index is 0.124. The first-order chi connectivity index (χ1) is 9.74. The Hall–Kier alpha value is -2.19. The van der Waals surface area contributed by atoms with Gasteiger partial charge in [0.05, 0.1) is 11.6 Å². The van der Waals surface area contributed by atoms with Crippen LogP contribution in [0.1, 0.15) is 27.7 Å². The molecule has 0 aliphatic heterocycles. The highest BCUT2D eigenvalue weighted by Crippen LogP contribution is 2.15. The van der Waals surface area contributed by atoms with Gasteiger partial charge in [0.1, 0.15) is 11.8 Å². The van der Waals surface area contributed by atoms with Crippen molar-refractivity contribution in [2.24, 2.45) is 0 Å². The number of carbonyl (C=O) groups is 1. The molecule has 1 aromatic carbocycles. The van der Waals surface area contributed by atoms with Crippen molar-refractivity contribution in [3.05, 3.63) is 65.5 Å². The van der Waals surface area contributed by atoms with Crippen molar-refractivity contribution in [3.8, 4) is 6.07 Å². The standard InChI is InChI=1S/C15H12BrN3O/c16-8-14(12-4-2-1-3-5-12)19-15(20)13-7-6-11(9-17)10-18-13/h1-7,10,14H,8H2,(H,19,20). The molecule has 1 atom stereocenters. The van der Waals surface area contributed by atoms with Crippen LogP contribution in [0.3, 0.4) is 0 Å². The van der Waals surface area contributed by atoms with Gasteiger partial charge in [0.15, 0.2) is 0 Å². The molecular weight excluding hydrogens is 318 g/mol. The van der Waals surface area contributed by atoms with Gasteiger partial charge in [0.2, 0.25) is 0 Å². The van der Waals surface area contributed by atoms with Gasteiger partial charge in [-0.3, -0.25) is 4.79 Å². The first kappa shape index (κ1) is 14.2. The smallest absolute Gasteiger partial charge is 0.270 e. The van der Waals surface area contributed by atoms with Gasteiger partial charge in [-0.1, -0.05) is 46.3 Å². The van der Waals surface area contributed by atoms with Crippen molar-refractivity contribution in [1.82, 2.24) is 10.3 Å². The van der Waals surface area contributed by atoms with Gasteiger partial charge in [-0.25, -0.2) is 4.98 Å². The SMILES string of the molecule is N#Cc1ccc(C(=O)NC(CBr)c2ccccc2)nc1. The molecular formula is C15H12BrN3O. The summed E-state index contributed by atoms with van der Waals surface area (Å²) >= 11 is 3.40. The maximum Gasteiger partial charge on any atom is 0.270 e. The normalized spacial score (nSPS) is 11.4. The van der Waals surface area contributed by atoms with Crippen LogP contribution in [0.25, 0.3) is 0 Å². The highest BCUT2D eigenvalue weighted by Gasteiger charge is 2.15. The van der Waals surface area contributed by atoms with Crippen molar-refractivity contribution in [1.29, 1.82) is 5.26 Å². The fourth-order valence-corrected chi connectivity index (χ4v) is 2.26. The molecule has 1 amide bonds. The Morgan fingerprint density at radius 3 is 2.60 bits per heavy atom. The second-order valence-corrected chi connectivity index (χ2v) is 4.78. The number of alkyl halides is 1. The van der Waals surface area contributed by atoms with Crippen LogP contribution in [0.5, 0.6) is 0 Å². The number of benzene rings is 1. The summed E-state index contributed by atoms with van der Waals surface area (Å²) in [7, 11) is 0. The topological polar surface area (TPSA) is 65.8 Å². The maximum absolute atomic E-state index is 12.1. The van der Waals surface area contributed by atoms with Gasteiger partial charge >= 0.3 is 0 Å². The molecule has 0 aliphatic carbocycles. The molecule has 100 valence electrons. The van der Waals surface area contributed by atoms with Crippen molar-refractivity contribution in [3.63, 3.8) is 0 Å². The maximum atomic E-state index is 12.1. The monoisotopic (exact) mass is 329 g/mol. The number of nitrogens with one attached hydrogen (secondary N) is 1. The second-order valence-electron chi connectivity index (χ2n) is 4.13. The number of nitrogens with zero attached hydrogens (tertiary/aromatic N) is 2. The molecule has 0 fully saturated rings. The van der Waals surface area contributed by atoms with E-state index in [-0.39, 0.29) is 11.9 Å². The van der Waals surface area contributed by atoms with Crippen LogP contribution in [0.15, 0.2) is 48.7 Å². The third-order valence-corrected chi connectivity index (χ3v) is 3.43. The summed E-state index contributed by atoms with van der Waals surface area (Å²) in [5.74, 6) is -0.261. The van der Waals surface area contributed by atoms with Gasteiger partial charge in [-0.2, -0.15) is 5.26 Å². The molecule has 0 bridgehead atoms. The van der Waals surface area contributed by atoms with Crippen LogP contribution in [-0.4, -0.2) is 16.2 Å². The van der Waals surface area contributed by atoms with Gasteiger partial charge in [-0.05, 0) is 17.7 Å². The van der Waals surface area contributed by atoms with Gasteiger partial charge in [-0.15, -0.1) is 0 Å². The van der Waals surface area contributed by atoms with E-state index in [0.29, 0.717) is 16.6 Å². The lowest BCUT2D eigenvalue weighted by atomic mass is 10.1. The molecule has 0 aliphatic rings. The minimum atomic E-state index is -0.261. The van der Waals surface area contributed by atoms with Crippen molar-refractivity contribution >= 4 is 21.8 Å². The summed E-state index contributed by atoms with van der Waals surface area (Å²) in [4.78, 5) is 16.1. The lowest BCUT2D eigenvalue weighted by molar-refractivity contribution is 0.0936. The lowest BCUT2D eigenvalue weighted by Crippen LogP contribution is -2.30. The van der Waals surface area contributed by atoms with Crippen LogP contribution in [0.4, 0.5) is 0 Å². The van der Waals surface area contributed by atoms with E-state index in [0.717, 1.165) is 5.56 Å². The molecule has 0 saturated carbocycles. The zero-order valence-corrected chi connectivity index (χ0v) is 12.2. The van der Waals surface area contributed by atoms with E-state index in [1.54, 1.807) is 12.1 Å². The number of halogens is 1. The summed E-state index contributed by atoms with van der Waals surface area (Å²) in [6.45, 7) is 0. The molecule has 20 heavy (non-hydrogen) atoms. The number of hydrogen-bond donors (Lipinski definition) is 1. The molecule has 1 heterocycles. The Morgan fingerprint density at radius 1 is 1.30 bits per heavy atom. The van der Waals surface area contributed by atoms with Crippen LogP contribution in [0.2, 0.25) is 0 Å². The van der Waals surface area contributed by atoms with E-state index in [1.807, 2.05) is 36.4 Å². The summed E-state index contributed by atoms with van der Waals surface area (Å²) < 4.78 is 0. The number of rotatable bonds is 4. The number of carbonyl (C=O) groups excluding carboxylic acids is 1. The van der Waals surface area contributed by atoms with Gasteiger partial charge < -0.3 is 5.32 Å². The van der Waals surface area contributed by atoms with E-state index in [1.165, 1.54) is 6.20 Å². The van der Waals surface area contributed by atoms with Gasteiger partial charge in [0, 0.05) is 11.5 Å². The first-order valence-corrected chi connectivity index (χ1v) is 7.14. The zero-order chi connectivity index (χ0) is 14.4. The number of hydrogen-bond acceptors (Lipinski definition) is 3. The molecule has 0 spiro atoms. The van der Waals surface area contributed by atoms with E-state index in [4.69, 9.17) is 5.26 Å². The summed E-state index contributed by atoms with van der Waals surface area (Å²) in [6.07, 6.45) is 1.39. The van der Waals surface area contributed by atoms with Crippen LogP contribution in [-0.2, 0) is 0 Å². The van der Waals surface area contributed by atoms with E-state index < -0.39 is 0 Å². The Bertz CT molecular complexity index is 620. The van der Waals surface area contributed by atoms with Gasteiger partial charge in [0.25, 0.3) is 5.91 Å².